The van der Waals surface area contributed by atoms with Crippen molar-refractivity contribution in [2.24, 2.45) is 0 Å². The lowest BCUT2D eigenvalue weighted by Gasteiger charge is -2.36. The van der Waals surface area contributed by atoms with E-state index < -0.39 is 0 Å². The van der Waals surface area contributed by atoms with Crippen LogP contribution in [0.3, 0.4) is 0 Å². The molecule has 0 bridgehead atoms. The number of ether oxygens (including phenoxy) is 1. The van der Waals surface area contributed by atoms with Crippen molar-refractivity contribution in [2.45, 2.75) is 38.3 Å². The zero-order valence-electron chi connectivity index (χ0n) is 12.0. The van der Waals surface area contributed by atoms with E-state index in [-0.39, 0.29) is 0 Å². The number of nitrogens with zero attached hydrogens (tertiary/aromatic N) is 2. The normalized spacial score (nSPS) is 30.3. The standard InChI is InChI=1S/C14H29N3O/c1-3-18-14-11-13(12-14)15-5-4-6-17-9-7-16(2)8-10-17/h13-15H,3-12H2,1-2H3. The molecular weight excluding hydrogens is 226 g/mol. The van der Waals surface area contributed by atoms with E-state index in [1.54, 1.807) is 0 Å². The van der Waals surface area contributed by atoms with Gasteiger partial charge in [0.05, 0.1) is 6.10 Å². The van der Waals surface area contributed by atoms with E-state index in [1.165, 1.54) is 52.0 Å². The monoisotopic (exact) mass is 255 g/mol. The van der Waals surface area contributed by atoms with Crippen LogP contribution in [-0.4, -0.2) is 74.9 Å². The molecule has 1 aliphatic carbocycles. The minimum absolute atomic E-state index is 0.533. The first-order valence-electron chi connectivity index (χ1n) is 7.54. The number of hydrogen-bond donors (Lipinski definition) is 1. The zero-order valence-corrected chi connectivity index (χ0v) is 12.0. The van der Waals surface area contributed by atoms with Crippen LogP contribution in [0.2, 0.25) is 0 Å². The first-order chi connectivity index (χ1) is 8.78. The van der Waals surface area contributed by atoms with Crippen molar-refractivity contribution in [1.82, 2.24) is 15.1 Å². The van der Waals surface area contributed by atoms with E-state index in [1.807, 2.05) is 0 Å². The second-order valence-electron chi connectivity index (χ2n) is 5.70. The maximum atomic E-state index is 5.57. The van der Waals surface area contributed by atoms with Gasteiger partial charge in [-0.2, -0.15) is 0 Å². The molecule has 0 unspecified atom stereocenters. The molecule has 1 saturated heterocycles. The molecule has 2 aliphatic rings. The smallest absolute Gasteiger partial charge is 0.0604 e. The quantitative estimate of drug-likeness (QED) is 0.681. The van der Waals surface area contributed by atoms with E-state index in [2.05, 4.69) is 29.1 Å². The molecule has 0 spiro atoms. The Bertz CT molecular complexity index is 223. The fraction of sp³-hybridized carbons (Fsp3) is 1.00. The molecule has 2 fully saturated rings. The second-order valence-corrected chi connectivity index (χ2v) is 5.70. The van der Waals surface area contributed by atoms with Crippen molar-refractivity contribution in [1.29, 1.82) is 0 Å². The highest BCUT2D eigenvalue weighted by atomic mass is 16.5. The van der Waals surface area contributed by atoms with Crippen LogP contribution < -0.4 is 5.32 Å². The van der Waals surface area contributed by atoms with Crippen LogP contribution in [0.1, 0.15) is 26.2 Å². The average molecular weight is 255 g/mol. The number of nitrogens with one attached hydrogen (secondary N) is 1. The minimum Gasteiger partial charge on any atom is -0.378 e. The Morgan fingerprint density at radius 3 is 2.56 bits per heavy atom. The topological polar surface area (TPSA) is 27.7 Å². The van der Waals surface area contributed by atoms with Crippen LogP contribution in [0.25, 0.3) is 0 Å². The second kappa shape index (κ2) is 7.43. The van der Waals surface area contributed by atoms with E-state index in [9.17, 15) is 0 Å². The van der Waals surface area contributed by atoms with E-state index in [0.29, 0.717) is 12.1 Å². The van der Waals surface area contributed by atoms with E-state index in [4.69, 9.17) is 4.74 Å². The Kier molecular flexibility index (Phi) is 5.89. The molecule has 106 valence electrons. The van der Waals surface area contributed by atoms with Gasteiger partial charge in [0.15, 0.2) is 0 Å². The fourth-order valence-corrected chi connectivity index (χ4v) is 2.78. The van der Waals surface area contributed by atoms with Crippen LogP contribution in [0, 0.1) is 0 Å². The third-order valence-corrected chi connectivity index (χ3v) is 4.18. The fourth-order valence-electron chi connectivity index (χ4n) is 2.78. The van der Waals surface area contributed by atoms with Gasteiger partial charge in [-0.05, 0) is 46.3 Å². The molecule has 0 aromatic carbocycles. The highest BCUT2D eigenvalue weighted by molar-refractivity contribution is 4.85. The highest BCUT2D eigenvalue weighted by Gasteiger charge is 2.28. The van der Waals surface area contributed by atoms with Crippen LogP contribution in [0.4, 0.5) is 0 Å². The predicted molar refractivity (Wildman–Crippen MR) is 75.0 cm³/mol. The molecule has 18 heavy (non-hydrogen) atoms. The summed E-state index contributed by atoms with van der Waals surface area (Å²) < 4.78 is 5.57. The van der Waals surface area contributed by atoms with Crippen molar-refractivity contribution in [3.63, 3.8) is 0 Å². The summed E-state index contributed by atoms with van der Waals surface area (Å²) in [5.74, 6) is 0. The largest absolute Gasteiger partial charge is 0.378 e. The molecule has 0 atom stereocenters. The van der Waals surface area contributed by atoms with Crippen LogP contribution >= 0.6 is 0 Å². The molecule has 1 N–H and O–H groups in total. The summed E-state index contributed by atoms with van der Waals surface area (Å²) in [5.41, 5.74) is 0. The van der Waals surface area contributed by atoms with Crippen molar-refractivity contribution in [2.75, 3.05) is 52.9 Å². The van der Waals surface area contributed by atoms with E-state index in [0.717, 1.165) is 13.2 Å². The molecule has 2 rings (SSSR count). The lowest BCUT2D eigenvalue weighted by molar-refractivity contribution is -0.00989. The molecule has 0 amide bonds. The summed E-state index contributed by atoms with van der Waals surface area (Å²) in [5, 5.41) is 3.64. The number of likely N-dealkylation sites (N-methyl/N-ethyl adjacent to an activating group) is 1. The number of hydrogen-bond acceptors (Lipinski definition) is 4. The highest BCUT2D eigenvalue weighted by Crippen LogP contribution is 2.22. The maximum Gasteiger partial charge on any atom is 0.0604 e. The van der Waals surface area contributed by atoms with Gasteiger partial charge in [-0.25, -0.2) is 0 Å². The van der Waals surface area contributed by atoms with Gasteiger partial charge in [0.2, 0.25) is 0 Å². The van der Waals surface area contributed by atoms with Crippen LogP contribution in [-0.2, 0) is 4.74 Å². The Hall–Kier alpha value is -0.160. The molecule has 0 radical (unpaired) electrons. The first kappa shape index (κ1) is 14.3. The van der Waals surface area contributed by atoms with Gasteiger partial charge in [0.1, 0.15) is 0 Å². The van der Waals surface area contributed by atoms with Crippen molar-refractivity contribution >= 4 is 0 Å². The Balaban J connectivity index is 1.43. The van der Waals surface area contributed by atoms with Crippen molar-refractivity contribution in [3.05, 3.63) is 0 Å². The first-order valence-corrected chi connectivity index (χ1v) is 7.54. The SMILES string of the molecule is CCOC1CC(NCCCN2CCN(C)CC2)C1. The molecule has 4 nitrogen and oxygen atoms in total. The molecule has 1 saturated carbocycles. The maximum absolute atomic E-state index is 5.57. The minimum atomic E-state index is 0.533. The van der Waals surface area contributed by atoms with Crippen molar-refractivity contribution < 1.29 is 4.74 Å². The van der Waals surface area contributed by atoms with Gasteiger partial charge in [-0.3, -0.25) is 0 Å². The van der Waals surface area contributed by atoms with Gasteiger partial charge in [-0.1, -0.05) is 0 Å². The Morgan fingerprint density at radius 1 is 1.17 bits per heavy atom. The summed E-state index contributed by atoms with van der Waals surface area (Å²) >= 11 is 0. The summed E-state index contributed by atoms with van der Waals surface area (Å²) in [6.45, 7) is 10.3. The average Bonchev–Trinajstić information content (AvgIpc) is 2.33. The lowest BCUT2D eigenvalue weighted by atomic mass is 9.89. The predicted octanol–water partition coefficient (Wildman–Crippen LogP) is 0.781. The Morgan fingerprint density at radius 2 is 1.89 bits per heavy atom. The molecule has 4 heteroatoms. The molecule has 1 heterocycles. The number of piperazine rings is 1. The van der Waals surface area contributed by atoms with Gasteiger partial charge >= 0.3 is 0 Å². The molecule has 1 aliphatic heterocycles. The third-order valence-electron chi connectivity index (χ3n) is 4.18. The van der Waals surface area contributed by atoms with Crippen LogP contribution in [0.15, 0.2) is 0 Å². The molecule has 0 aromatic heterocycles. The van der Waals surface area contributed by atoms with Crippen molar-refractivity contribution in [3.8, 4) is 0 Å². The van der Waals surface area contributed by atoms with Gasteiger partial charge < -0.3 is 19.9 Å². The summed E-state index contributed by atoms with van der Waals surface area (Å²) in [6.07, 6.45) is 4.23. The zero-order chi connectivity index (χ0) is 12.8. The van der Waals surface area contributed by atoms with Gasteiger partial charge in [0.25, 0.3) is 0 Å². The van der Waals surface area contributed by atoms with Crippen LogP contribution in [0.5, 0.6) is 0 Å². The number of rotatable bonds is 7. The van der Waals surface area contributed by atoms with Gasteiger partial charge in [0, 0.05) is 38.8 Å². The lowest BCUT2D eigenvalue weighted by Crippen LogP contribution is -2.47. The van der Waals surface area contributed by atoms with E-state index >= 15 is 0 Å². The van der Waals surface area contributed by atoms with Gasteiger partial charge in [-0.15, -0.1) is 0 Å². The third kappa shape index (κ3) is 4.50. The summed E-state index contributed by atoms with van der Waals surface area (Å²) in [7, 11) is 2.21. The molecule has 0 aromatic rings. The summed E-state index contributed by atoms with van der Waals surface area (Å²) in [4.78, 5) is 5.00. The molecular formula is C14H29N3O. The Labute approximate surface area is 112 Å². The summed E-state index contributed by atoms with van der Waals surface area (Å²) in [6, 6.07) is 0.717.